The molecule has 2 unspecified atom stereocenters. The van der Waals surface area contributed by atoms with Crippen molar-refractivity contribution in [2.24, 2.45) is 5.92 Å². The van der Waals surface area contributed by atoms with Crippen LogP contribution in [0, 0.1) is 18.7 Å². The third kappa shape index (κ3) is 5.73. The molecule has 0 radical (unpaired) electrons. The molecule has 0 spiro atoms. The molecule has 1 heterocycles. The van der Waals surface area contributed by atoms with E-state index in [1.165, 1.54) is 12.1 Å². The molecule has 1 amide bonds. The third-order valence-electron chi connectivity index (χ3n) is 4.73. The molecule has 3 aromatic rings. The standard InChI is InChI=1S/C23H26FN3O2/c1-15(2)13-21(23-27-26-16(3)29-23)25-22(28)20(14-17-7-5-4-6-8-17)18-9-11-19(24)12-10-18/h4-12,15,20-21H,13-14H2,1-3H3,(H,25,28). The summed E-state index contributed by atoms with van der Waals surface area (Å²) in [6, 6.07) is 15.5. The number of nitrogens with one attached hydrogen (secondary N) is 1. The molecule has 0 aliphatic rings. The highest BCUT2D eigenvalue weighted by Crippen LogP contribution is 2.26. The van der Waals surface area contributed by atoms with Crippen molar-refractivity contribution in [3.8, 4) is 0 Å². The summed E-state index contributed by atoms with van der Waals surface area (Å²) in [6.45, 7) is 5.87. The second kappa shape index (κ2) is 9.45. The van der Waals surface area contributed by atoms with Crippen LogP contribution in [0.3, 0.4) is 0 Å². The molecule has 1 N–H and O–H groups in total. The largest absolute Gasteiger partial charge is 0.423 e. The lowest BCUT2D eigenvalue weighted by atomic mass is 9.90. The number of nitrogens with zero attached hydrogens (tertiary/aromatic N) is 2. The zero-order chi connectivity index (χ0) is 20.8. The van der Waals surface area contributed by atoms with E-state index >= 15 is 0 Å². The van der Waals surface area contributed by atoms with Crippen LogP contribution in [-0.2, 0) is 11.2 Å². The fourth-order valence-corrected chi connectivity index (χ4v) is 3.32. The summed E-state index contributed by atoms with van der Waals surface area (Å²) >= 11 is 0. The number of hydrogen-bond donors (Lipinski definition) is 1. The molecule has 0 aliphatic heterocycles. The smallest absolute Gasteiger partial charge is 0.238 e. The first-order chi connectivity index (χ1) is 13.9. The molecule has 5 nitrogen and oxygen atoms in total. The third-order valence-corrected chi connectivity index (χ3v) is 4.73. The second-order valence-corrected chi connectivity index (χ2v) is 7.64. The maximum Gasteiger partial charge on any atom is 0.238 e. The molecule has 0 saturated carbocycles. The molecule has 6 heteroatoms. The Kier molecular flexibility index (Phi) is 6.75. The summed E-state index contributed by atoms with van der Waals surface area (Å²) in [5.41, 5.74) is 1.80. The van der Waals surface area contributed by atoms with E-state index in [2.05, 4.69) is 29.4 Å². The van der Waals surface area contributed by atoms with Gasteiger partial charge in [0, 0.05) is 6.92 Å². The van der Waals surface area contributed by atoms with E-state index in [-0.39, 0.29) is 17.8 Å². The number of rotatable bonds is 8. The van der Waals surface area contributed by atoms with Gasteiger partial charge in [-0.25, -0.2) is 4.39 Å². The van der Waals surface area contributed by atoms with Crippen molar-refractivity contribution in [1.29, 1.82) is 0 Å². The van der Waals surface area contributed by atoms with Crippen LogP contribution in [-0.4, -0.2) is 16.1 Å². The number of carbonyl (C=O) groups is 1. The molecule has 0 saturated heterocycles. The fraction of sp³-hybridized carbons (Fsp3) is 0.348. The van der Waals surface area contributed by atoms with E-state index in [9.17, 15) is 9.18 Å². The summed E-state index contributed by atoms with van der Waals surface area (Å²) in [4.78, 5) is 13.3. The molecular formula is C23H26FN3O2. The van der Waals surface area contributed by atoms with Crippen LogP contribution in [0.2, 0.25) is 0 Å². The first-order valence-corrected chi connectivity index (χ1v) is 9.82. The predicted octanol–water partition coefficient (Wildman–Crippen LogP) is 4.75. The van der Waals surface area contributed by atoms with Gasteiger partial charge in [0.1, 0.15) is 11.9 Å². The van der Waals surface area contributed by atoms with Crippen LogP contribution in [0.15, 0.2) is 59.0 Å². The van der Waals surface area contributed by atoms with Crippen LogP contribution in [0.1, 0.15) is 55.1 Å². The van der Waals surface area contributed by atoms with Gasteiger partial charge in [-0.3, -0.25) is 4.79 Å². The van der Waals surface area contributed by atoms with E-state index < -0.39 is 5.92 Å². The van der Waals surface area contributed by atoms with Gasteiger partial charge in [0.15, 0.2) is 0 Å². The summed E-state index contributed by atoms with van der Waals surface area (Å²) in [5.74, 6) is 0.251. The summed E-state index contributed by atoms with van der Waals surface area (Å²) in [6.07, 6.45) is 1.18. The van der Waals surface area contributed by atoms with Gasteiger partial charge in [0.2, 0.25) is 17.7 Å². The first-order valence-electron chi connectivity index (χ1n) is 9.82. The highest BCUT2D eigenvalue weighted by molar-refractivity contribution is 5.84. The lowest BCUT2D eigenvalue weighted by molar-refractivity contribution is -0.123. The van der Waals surface area contributed by atoms with Crippen LogP contribution < -0.4 is 5.32 Å². The number of benzene rings is 2. The van der Waals surface area contributed by atoms with Crippen LogP contribution in [0.25, 0.3) is 0 Å². The second-order valence-electron chi connectivity index (χ2n) is 7.64. The van der Waals surface area contributed by atoms with Gasteiger partial charge in [0.05, 0.1) is 5.92 Å². The number of aryl methyl sites for hydroxylation is 1. The number of halogens is 1. The van der Waals surface area contributed by atoms with Crippen molar-refractivity contribution >= 4 is 5.91 Å². The molecule has 0 bridgehead atoms. The Morgan fingerprint density at radius 2 is 1.76 bits per heavy atom. The molecule has 0 aliphatic carbocycles. The van der Waals surface area contributed by atoms with Crippen molar-refractivity contribution in [2.45, 2.75) is 45.6 Å². The summed E-state index contributed by atoms with van der Waals surface area (Å²) in [7, 11) is 0. The Morgan fingerprint density at radius 1 is 1.07 bits per heavy atom. The summed E-state index contributed by atoms with van der Waals surface area (Å²) < 4.78 is 19.0. The van der Waals surface area contributed by atoms with Crippen LogP contribution in [0.4, 0.5) is 4.39 Å². The molecule has 3 rings (SSSR count). The fourth-order valence-electron chi connectivity index (χ4n) is 3.32. The van der Waals surface area contributed by atoms with Crippen molar-refractivity contribution in [2.75, 3.05) is 0 Å². The molecule has 2 atom stereocenters. The Labute approximate surface area is 170 Å². The monoisotopic (exact) mass is 395 g/mol. The average molecular weight is 395 g/mol. The molecule has 1 aromatic heterocycles. The van der Waals surface area contributed by atoms with Crippen molar-refractivity contribution in [1.82, 2.24) is 15.5 Å². The van der Waals surface area contributed by atoms with E-state index in [1.807, 2.05) is 30.3 Å². The highest BCUT2D eigenvalue weighted by Gasteiger charge is 2.27. The van der Waals surface area contributed by atoms with Gasteiger partial charge < -0.3 is 9.73 Å². The molecule has 0 fully saturated rings. The van der Waals surface area contributed by atoms with Gasteiger partial charge in [0.25, 0.3) is 0 Å². The molecule has 29 heavy (non-hydrogen) atoms. The Morgan fingerprint density at radius 3 is 2.34 bits per heavy atom. The van der Waals surface area contributed by atoms with Gasteiger partial charge in [-0.1, -0.05) is 56.3 Å². The lowest BCUT2D eigenvalue weighted by Gasteiger charge is -2.22. The highest BCUT2D eigenvalue weighted by atomic mass is 19.1. The molecule has 152 valence electrons. The van der Waals surface area contributed by atoms with Gasteiger partial charge in [-0.2, -0.15) is 0 Å². The summed E-state index contributed by atoms with van der Waals surface area (Å²) in [5, 5.41) is 11.1. The number of carbonyl (C=O) groups excluding carboxylic acids is 1. The number of amides is 1. The minimum absolute atomic E-state index is 0.151. The van der Waals surface area contributed by atoms with E-state index in [0.717, 1.165) is 11.1 Å². The maximum absolute atomic E-state index is 13.4. The average Bonchev–Trinajstić information content (AvgIpc) is 3.13. The van der Waals surface area contributed by atoms with Crippen molar-refractivity contribution in [3.63, 3.8) is 0 Å². The zero-order valence-electron chi connectivity index (χ0n) is 16.9. The Bertz CT molecular complexity index is 923. The maximum atomic E-state index is 13.4. The topological polar surface area (TPSA) is 68.0 Å². The Balaban J connectivity index is 1.86. The van der Waals surface area contributed by atoms with Gasteiger partial charge >= 0.3 is 0 Å². The molecular weight excluding hydrogens is 369 g/mol. The number of aromatic nitrogens is 2. The Hall–Kier alpha value is -3.02. The van der Waals surface area contributed by atoms with Gasteiger partial charge in [-0.05, 0) is 42.0 Å². The van der Waals surface area contributed by atoms with Crippen molar-refractivity contribution in [3.05, 3.63) is 83.3 Å². The minimum atomic E-state index is -0.461. The van der Waals surface area contributed by atoms with Crippen LogP contribution in [0.5, 0.6) is 0 Å². The zero-order valence-corrected chi connectivity index (χ0v) is 16.9. The van der Waals surface area contributed by atoms with E-state index in [1.54, 1.807) is 19.1 Å². The predicted molar refractivity (Wildman–Crippen MR) is 109 cm³/mol. The van der Waals surface area contributed by atoms with E-state index in [0.29, 0.717) is 30.5 Å². The molecule has 2 aromatic carbocycles. The minimum Gasteiger partial charge on any atom is -0.423 e. The normalized spacial score (nSPS) is 13.3. The number of hydrogen-bond acceptors (Lipinski definition) is 4. The lowest BCUT2D eigenvalue weighted by Crippen LogP contribution is -2.34. The van der Waals surface area contributed by atoms with E-state index in [4.69, 9.17) is 4.42 Å². The van der Waals surface area contributed by atoms with Gasteiger partial charge in [-0.15, -0.1) is 10.2 Å². The van der Waals surface area contributed by atoms with Crippen molar-refractivity contribution < 1.29 is 13.6 Å². The quantitative estimate of drug-likeness (QED) is 0.598. The first kappa shape index (κ1) is 20.7. The SMILES string of the molecule is Cc1nnc(C(CC(C)C)NC(=O)C(Cc2ccccc2)c2ccc(F)cc2)o1. The van der Waals surface area contributed by atoms with Crippen LogP contribution >= 0.6 is 0 Å².